The van der Waals surface area contributed by atoms with Gasteiger partial charge in [0.1, 0.15) is 16.4 Å². The molecule has 0 saturated heterocycles. The van der Waals surface area contributed by atoms with Crippen molar-refractivity contribution < 1.29 is 10.2 Å². The van der Waals surface area contributed by atoms with Gasteiger partial charge >= 0.3 is 0 Å². The van der Waals surface area contributed by atoms with E-state index in [9.17, 15) is 10.2 Å². The summed E-state index contributed by atoms with van der Waals surface area (Å²) in [7, 11) is 0. The number of rotatable bonds is 4. The van der Waals surface area contributed by atoms with Crippen molar-refractivity contribution in [1.29, 1.82) is 0 Å². The van der Waals surface area contributed by atoms with Crippen LogP contribution in [0.2, 0.25) is 10.3 Å². The van der Waals surface area contributed by atoms with E-state index in [0.717, 1.165) is 0 Å². The SMILES string of the molecule is CSc1nc(Cl)c(C(O)C(O)CBr)c(Cl)n1. The van der Waals surface area contributed by atoms with Gasteiger partial charge in [-0.1, -0.05) is 50.9 Å². The molecule has 0 aliphatic heterocycles. The first-order chi connectivity index (χ1) is 7.51. The summed E-state index contributed by atoms with van der Waals surface area (Å²) in [6, 6.07) is 0. The Hall–Kier alpha value is 0.410. The van der Waals surface area contributed by atoms with Gasteiger partial charge in [0.05, 0.1) is 11.7 Å². The van der Waals surface area contributed by atoms with Gasteiger partial charge in [-0.15, -0.1) is 0 Å². The summed E-state index contributed by atoms with van der Waals surface area (Å²) in [5.74, 6) is 0. The summed E-state index contributed by atoms with van der Waals surface area (Å²) in [5, 5.41) is 20.0. The van der Waals surface area contributed by atoms with E-state index in [0.29, 0.717) is 5.16 Å². The molecule has 0 aliphatic rings. The van der Waals surface area contributed by atoms with Crippen molar-refractivity contribution in [3.8, 4) is 0 Å². The first kappa shape index (κ1) is 14.5. The van der Waals surface area contributed by atoms with Crippen LogP contribution in [-0.2, 0) is 0 Å². The zero-order valence-electron chi connectivity index (χ0n) is 8.19. The molecule has 1 heterocycles. The number of aliphatic hydroxyl groups excluding tert-OH is 2. The van der Waals surface area contributed by atoms with Crippen LogP contribution in [0.4, 0.5) is 0 Å². The minimum atomic E-state index is -1.21. The highest BCUT2D eigenvalue weighted by Crippen LogP contribution is 2.31. The Morgan fingerprint density at radius 2 is 1.81 bits per heavy atom. The quantitative estimate of drug-likeness (QED) is 0.378. The number of nitrogens with zero attached hydrogens (tertiary/aromatic N) is 2. The predicted octanol–water partition coefficient (Wildman–Crippen LogP) is 2.29. The fraction of sp³-hybridized carbons (Fsp3) is 0.500. The second-order valence-electron chi connectivity index (χ2n) is 2.87. The molecule has 1 rings (SSSR count). The van der Waals surface area contributed by atoms with Crippen LogP contribution < -0.4 is 0 Å². The maximum atomic E-state index is 9.78. The van der Waals surface area contributed by atoms with Gasteiger partial charge in [0.2, 0.25) is 0 Å². The minimum absolute atomic E-state index is 0.0526. The molecule has 8 heteroatoms. The van der Waals surface area contributed by atoms with Crippen molar-refractivity contribution in [3.05, 3.63) is 15.9 Å². The molecule has 0 spiro atoms. The smallest absolute Gasteiger partial charge is 0.190 e. The molecule has 0 aromatic carbocycles. The number of alkyl halides is 1. The fourth-order valence-electron chi connectivity index (χ4n) is 1.01. The maximum Gasteiger partial charge on any atom is 0.190 e. The average Bonchev–Trinajstić information content (AvgIpc) is 2.26. The van der Waals surface area contributed by atoms with Gasteiger partial charge in [-0.05, 0) is 6.26 Å². The van der Waals surface area contributed by atoms with E-state index in [1.165, 1.54) is 11.8 Å². The van der Waals surface area contributed by atoms with Crippen molar-refractivity contribution in [3.63, 3.8) is 0 Å². The number of hydrogen-bond acceptors (Lipinski definition) is 5. The standard InChI is InChI=1S/C8H9BrCl2N2O2S/c1-16-8-12-6(10)4(7(11)13-8)5(15)3(14)2-9/h3,5,14-15H,2H2,1H3. The summed E-state index contributed by atoms with van der Waals surface area (Å²) in [6.45, 7) is 0. The Balaban J connectivity index is 3.14. The van der Waals surface area contributed by atoms with Crippen LogP contribution in [0.5, 0.6) is 0 Å². The lowest BCUT2D eigenvalue weighted by Crippen LogP contribution is -2.21. The molecule has 0 saturated carbocycles. The van der Waals surface area contributed by atoms with E-state index < -0.39 is 12.2 Å². The van der Waals surface area contributed by atoms with Gasteiger partial charge in [-0.2, -0.15) is 0 Å². The number of aromatic nitrogens is 2. The van der Waals surface area contributed by atoms with Crippen LogP contribution in [0.15, 0.2) is 5.16 Å². The molecule has 4 nitrogen and oxygen atoms in total. The summed E-state index contributed by atoms with van der Waals surface area (Å²) < 4.78 is 0. The highest BCUT2D eigenvalue weighted by atomic mass is 79.9. The van der Waals surface area contributed by atoms with E-state index in [2.05, 4.69) is 25.9 Å². The molecule has 1 aromatic rings. The molecule has 0 fully saturated rings. The molecule has 2 N–H and O–H groups in total. The summed E-state index contributed by atoms with van der Waals surface area (Å²) >= 11 is 16.1. The van der Waals surface area contributed by atoms with Gasteiger partial charge in [-0.3, -0.25) is 0 Å². The minimum Gasteiger partial charge on any atom is -0.389 e. The highest BCUT2D eigenvalue weighted by Gasteiger charge is 2.25. The lowest BCUT2D eigenvalue weighted by atomic mass is 10.1. The molecule has 0 radical (unpaired) electrons. The molecular formula is C8H9BrCl2N2O2S. The Labute approximate surface area is 116 Å². The number of halogens is 3. The normalized spacial score (nSPS) is 14.9. The molecule has 2 atom stereocenters. The average molecular weight is 348 g/mol. The van der Waals surface area contributed by atoms with E-state index in [4.69, 9.17) is 23.2 Å². The van der Waals surface area contributed by atoms with Gasteiger partial charge in [0, 0.05) is 5.33 Å². The van der Waals surface area contributed by atoms with Crippen molar-refractivity contribution in [2.24, 2.45) is 0 Å². The van der Waals surface area contributed by atoms with Crippen LogP contribution in [0.1, 0.15) is 11.7 Å². The van der Waals surface area contributed by atoms with Crippen LogP contribution in [0, 0.1) is 0 Å². The van der Waals surface area contributed by atoms with E-state index in [1.807, 2.05) is 0 Å². The summed E-state index contributed by atoms with van der Waals surface area (Å²) in [5.41, 5.74) is 0.146. The third-order valence-electron chi connectivity index (χ3n) is 1.83. The van der Waals surface area contributed by atoms with Gasteiger partial charge in [0.25, 0.3) is 0 Å². The van der Waals surface area contributed by atoms with Crippen molar-refractivity contribution in [1.82, 2.24) is 9.97 Å². The van der Waals surface area contributed by atoms with Crippen LogP contribution >= 0.6 is 50.9 Å². The van der Waals surface area contributed by atoms with E-state index in [-0.39, 0.29) is 21.2 Å². The lowest BCUT2D eigenvalue weighted by molar-refractivity contribution is 0.0338. The largest absolute Gasteiger partial charge is 0.389 e. The van der Waals surface area contributed by atoms with E-state index in [1.54, 1.807) is 6.26 Å². The molecule has 0 bridgehead atoms. The Bertz CT molecular complexity index is 360. The first-order valence-electron chi connectivity index (χ1n) is 4.20. The van der Waals surface area contributed by atoms with Crippen LogP contribution in [0.25, 0.3) is 0 Å². The van der Waals surface area contributed by atoms with Crippen molar-refractivity contribution in [2.45, 2.75) is 17.4 Å². The monoisotopic (exact) mass is 346 g/mol. The third-order valence-corrected chi connectivity index (χ3v) is 3.62. The number of thioether (sulfide) groups is 1. The second kappa shape index (κ2) is 6.37. The molecule has 0 aliphatic carbocycles. The molecule has 2 unspecified atom stereocenters. The molecule has 16 heavy (non-hydrogen) atoms. The van der Waals surface area contributed by atoms with Gasteiger partial charge in [0.15, 0.2) is 5.16 Å². The van der Waals surface area contributed by atoms with Crippen LogP contribution in [-0.4, -0.2) is 37.9 Å². The zero-order valence-corrected chi connectivity index (χ0v) is 12.1. The summed E-state index contributed by atoms with van der Waals surface area (Å²) in [4.78, 5) is 7.87. The molecule has 90 valence electrons. The highest BCUT2D eigenvalue weighted by molar-refractivity contribution is 9.09. The number of hydrogen-bond donors (Lipinski definition) is 2. The lowest BCUT2D eigenvalue weighted by Gasteiger charge is -2.17. The zero-order chi connectivity index (χ0) is 12.3. The first-order valence-corrected chi connectivity index (χ1v) is 7.30. The Kier molecular flexibility index (Phi) is 5.76. The molecular weight excluding hydrogens is 339 g/mol. The van der Waals surface area contributed by atoms with Crippen LogP contribution in [0.3, 0.4) is 0 Å². The van der Waals surface area contributed by atoms with Gasteiger partial charge in [-0.25, -0.2) is 9.97 Å². The summed E-state index contributed by atoms with van der Waals surface area (Å²) in [6.07, 6.45) is -0.445. The van der Waals surface area contributed by atoms with E-state index >= 15 is 0 Å². The Morgan fingerprint density at radius 3 is 2.19 bits per heavy atom. The fourth-order valence-corrected chi connectivity index (χ4v) is 2.44. The third kappa shape index (κ3) is 3.21. The second-order valence-corrected chi connectivity index (χ2v) is 5.01. The van der Waals surface area contributed by atoms with Crippen molar-refractivity contribution >= 4 is 50.9 Å². The Morgan fingerprint density at radius 1 is 1.31 bits per heavy atom. The van der Waals surface area contributed by atoms with Crippen molar-refractivity contribution in [2.75, 3.05) is 11.6 Å². The predicted molar refractivity (Wildman–Crippen MR) is 68.6 cm³/mol. The maximum absolute atomic E-state index is 9.78. The molecule has 1 aromatic heterocycles. The van der Waals surface area contributed by atoms with Gasteiger partial charge < -0.3 is 10.2 Å². The number of aliphatic hydroxyl groups is 2. The topological polar surface area (TPSA) is 66.2 Å². The molecule has 0 amide bonds.